The van der Waals surface area contributed by atoms with E-state index in [9.17, 15) is 4.39 Å². The van der Waals surface area contributed by atoms with Crippen LogP contribution in [0, 0.1) is 5.82 Å². The molecule has 0 aromatic heterocycles. The highest BCUT2D eigenvalue weighted by Crippen LogP contribution is 2.39. The van der Waals surface area contributed by atoms with Crippen LogP contribution in [0.25, 0.3) is 0 Å². The molecule has 1 fully saturated rings. The van der Waals surface area contributed by atoms with Gasteiger partial charge in [0, 0.05) is 12.0 Å². The topological polar surface area (TPSA) is 26.0 Å². The van der Waals surface area contributed by atoms with Gasteiger partial charge in [0.15, 0.2) is 0 Å². The van der Waals surface area contributed by atoms with Gasteiger partial charge in [-0.15, -0.1) is 12.4 Å². The van der Waals surface area contributed by atoms with Crippen LogP contribution in [0.3, 0.4) is 0 Å². The lowest BCUT2D eigenvalue weighted by Crippen LogP contribution is -2.01. The summed E-state index contributed by atoms with van der Waals surface area (Å²) in [4.78, 5) is 0. The van der Waals surface area contributed by atoms with Crippen molar-refractivity contribution >= 4 is 28.3 Å². The SMILES string of the molecule is Cl.N[C@@H]1C[C@@H]1c1ccc(Br)c(F)c1. The molecule has 72 valence electrons. The quantitative estimate of drug-likeness (QED) is 0.831. The lowest BCUT2D eigenvalue weighted by molar-refractivity contribution is 0.618. The summed E-state index contributed by atoms with van der Waals surface area (Å²) in [5.74, 6) is 0.180. The Morgan fingerprint density at radius 3 is 2.54 bits per heavy atom. The highest BCUT2D eigenvalue weighted by Gasteiger charge is 2.34. The Morgan fingerprint density at radius 2 is 2.08 bits per heavy atom. The molecular weight excluding hydrogens is 256 g/mol. The van der Waals surface area contributed by atoms with Crippen LogP contribution >= 0.6 is 28.3 Å². The molecule has 4 heteroatoms. The maximum absolute atomic E-state index is 13.0. The van der Waals surface area contributed by atoms with Crippen molar-refractivity contribution in [3.8, 4) is 0 Å². The monoisotopic (exact) mass is 265 g/mol. The van der Waals surface area contributed by atoms with Crippen molar-refractivity contribution < 1.29 is 4.39 Å². The first-order valence-electron chi connectivity index (χ1n) is 3.89. The van der Waals surface area contributed by atoms with E-state index in [0.29, 0.717) is 10.4 Å². The fourth-order valence-electron chi connectivity index (χ4n) is 1.34. The van der Waals surface area contributed by atoms with Gasteiger partial charge < -0.3 is 5.73 Å². The zero-order valence-electron chi connectivity index (χ0n) is 6.84. The molecule has 0 spiro atoms. The molecule has 1 aliphatic carbocycles. The molecular formula is C9H10BrClFN. The highest BCUT2D eigenvalue weighted by atomic mass is 79.9. The molecule has 2 atom stereocenters. The van der Waals surface area contributed by atoms with Gasteiger partial charge in [-0.1, -0.05) is 6.07 Å². The summed E-state index contributed by atoms with van der Waals surface area (Å²) in [5.41, 5.74) is 6.67. The third kappa shape index (κ3) is 2.22. The molecule has 0 amide bonds. The maximum atomic E-state index is 13.0. The van der Waals surface area contributed by atoms with Crippen LogP contribution in [0.15, 0.2) is 22.7 Å². The van der Waals surface area contributed by atoms with Crippen LogP contribution in [0.4, 0.5) is 4.39 Å². The zero-order chi connectivity index (χ0) is 8.72. The molecule has 1 aliphatic rings. The number of benzene rings is 1. The second kappa shape index (κ2) is 3.95. The van der Waals surface area contributed by atoms with E-state index < -0.39 is 0 Å². The van der Waals surface area contributed by atoms with Crippen molar-refractivity contribution in [2.45, 2.75) is 18.4 Å². The lowest BCUT2D eigenvalue weighted by atomic mass is 10.1. The highest BCUT2D eigenvalue weighted by molar-refractivity contribution is 9.10. The van der Waals surface area contributed by atoms with Crippen molar-refractivity contribution in [1.29, 1.82) is 0 Å². The molecule has 1 nitrogen and oxygen atoms in total. The van der Waals surface area contributed by atoms with E-state index in [4.69, 9.17) is 5.73 Å². The van der Waals surface area contributed by atoms with Crippen LogP contribution in [0.5, 0.6) is 0 Å². The first-order chi connectivity index (χ1) is 5.68. The average Bonchev–Trinajstić information content (AvgIpc) is 2.73. The molecule has 0 radical (unpaired) electrons. The van der Waals surface area contributed by atoms with Crippen LogP contribution in [0.2, 0.25) is 0 Å². The van der Waals surface area contributed by atoms with Gasteiger partial charge >= 0.3 is 0 Å². The molecule has 13 heavy (non-hydrogen) atoms. The Hall–Kier alpha value is -0.120. The van der Waals surface area contributed by atoms with Gasteiger partial charge in [-0.2, -0.15) is 0 Å². The average molecular weight is 267 g/mol. The molecule has 1 saturated carbocycles. The molecule has 0 aliphatic heterocycles. The standard InChI is InChI=1S/C9H9BrFN.ClH/c10-7-2-1-5(3-8(7)11)6-4-9(6)12;/h1-3,6,9H,4,12H2;1H/t6-,9-;/m1./s1. The van der Waals surface area contributed by atoms with Crippen molar-refractivity contribution in [2.75, 3.05) is 0 Å². The van der Waals surface area contributed by atoms with E-state index in [1.54, 1.807) is 12.1 Å². The fourth-order valence-corrected chi connectivity index (χ4v) is 1.59. The fraction of sp³-hybridized carbons (Fsp3) is 0.333. The van der Waals surface area contributed by atoms with E-state index in [0.717, 1.165) is 12.0 Å². The smallest absolute Gasteiger partial charge is 0.137 e. The van der Waals surface area contributed by atoms with E-state index in [2.05, 4.69) is 15.9 Å². The number of rotatable bonds is 1. The molecule has 0 unspecified atom stereocenters. The van der Waals surface area contributed by atoms with Crippen LogP contribution in [-0.2, 0) is 0 Å². The first-order valence-corrected chi connectivity index (χ1v) is 4.68. The molecule has 0 saturated heterocycles. The van der Waals surface area contributed by atoms with Gasteiger partial charge in [0.1, 0.15) is 5.82 Å². The van der Waals surface area contributed by atoms with Gasteiger partial charge in [0.25, 0.3) is 0 Å². The third-order valence-electron chi connectivity index (χ3n) is 2.21. The number of halogens is 3. The number of hydrogen-bond donors (Lipinski definition) is 1. The minimum atomic E-state index is -0.202. The first kappa shape index (κ1) is 11.0. The Labute approximate surface area is 91.0 Å². The predicted molar refractivity (Wildman–Crippen MR) is 56.7 cm³/mol. The molecule has 1 aromatic carbocycles. The second-order valence-electron chi connectivity index (χ2n) is 3.18. The lowest BCUT2D eigenvalue weighted by Gasteiger charge is -1.99. The van der Waals surface area contributed by atoms with Crippen molar-refractivity contribution in [1.82, 2.24) is 0 Å². The Kier molecular flexibility index (Phi) is 3.33. The summed E-state index contributed by atoms with van der Waals surface area (Å²) in [5, 5.41) is 0. The zero-order valence-corrected chi connectivity index (χ0v) is 9.24. The molecule has 2 N–H and O–H groups in total. The summed E-state index contributed by atoms with van der Waals surface area (Å²) >= 11 is 3.11. The van der Waals surface area contributed by atoms with E-state index >= 15 is 0 Å². The Morgan fingerprint density at radius 1 is 1.46 bits per heavy atom. The third-order valence-corrected chi connectivity index (χ3v) is 2.85. The van der Waals surface area contributed by atoms with Gasteiger partial charge in [0.05, 0.1) is 4.47 Å². The normalized spacial score (nSPS) is 25.2. The van der Waals surface area contributed by atoms with Crippen molar-refractivity contribution in [2.24, 2.45) is 5.73 Å². The van der Waals surface area contributed by atoms with E-state index in [-0.39, 0.29) is 24.3 Å². The van der Waals surface area contributed by atoms with Gasteiger partial charge in [-0.3, -0.25) is 0 Å². The largest absolute Gasteiger partial charge is 0.327 e. The molecule has 1 aromatic rings. The minimum absolute atomic E-state index is 0. The Balaban J connectivity index is 0.000000845. The number of hydrogen-bond acceptors (Lipinski definition) is 1. The van der Waals surface area contributed by atoms with Crippen LogP contribution in [-0.4, -0.2) is 6.04 Å². The van der Waals surface area contributed by atoms with E-state index in [1.807, 2.05) is 6.07 Å². The number of nitrogens with two attached hydrogens (primary N) is 1. The Bertz CT molecular complexity index is 318. The van der Waals surface area contributed by atoms with Crippen LogP contribution in [0.1, 0.15) is 17.9 Å². The second-order valence-corrected chi connectivity index (χ2v) is 4.03. The van der Waals surface area contributed by atoms with Crippen molar-refractivity contribution in [3.63, 3.8) is 0 Å². The molecule has 0 bridgehead atoms. The molecule has 0 heterocycles. The summed E-state index contributed by atoms with van der Waals surface area (Å²) in [7, 11) is 0. The summed E-state index contributed by atoms with van der Waals surface area (Å²) < 4.78 is 13.5. The van der Waals surface area contributed by atoms with Gasteiger partial charge in [-0.25, -0.2) is 4.39 Å². The van der Waals surface area contributed by atoms with Gasteiger partial charge in [0.2, 0.25) is 0 Å². The maximum Gasteiger partial charge on any atom is 0.137 e. The summed E-state index contributed by atoms with van der Waals surface area (Å²) in [6, 6.07) is 5.45. The summed E-state index contributed by atoms with van der Waals surface area (Å²) in [6.45, 7) is 0. The summed E-state index contributed by atoms with van der Waals surface area (Å²) in [6.07, 6.45) is 0.987. The van der Waals surface area contributed by atoms with E-state index in [1.165, 1.54) is 0 Å². The van der Waals surface area contributed by atoms with Crippen molar-refractivity contribution in [3.05, 3.63) is 34.1 Å². The van der Waals surface area contributed by atoms with Gasteiger partial charge in [-0.05, 0) is 40.0 Å². The predicted octanol–water partition coefficient (Wildman–Crippen LogP) is 2.82. The van der Waals surface area contributed by atoms with Crippen LogP contribution < -0.4 is 5.73 Å². The molecule has 2 rings (SSSR count). The minimum Gasteiger partial charge on any atom is -0.327 e.